The van der Waals surface area contributed by atoms with Crippen molar-refractivity contribution in [3.63, 3.8) is 0 Å². The van der Waals surface area contributed by atoms with Crippen molar-refractivity contribution in [2.45, 2.75) is 19.6 Å². The maximum Gasteiger partial charge on any atom is 0.323 e. The smallest absolute Gasteiger partial charge is 0.323 e. The summed E-state index contributed by atoms with van der Waals surface area (Å²) in [6.07, 6.45) is 2.40. The quantitative estimate of drug-likeness (QED) is 0.751. The minimum Gasteiger partial charge on any atom is -0.480 e. The molecule has 0 aliphatic carbocycles. The number of carbonyl (C=O) groups is 1. The van der Waals surface area contributed by atoms with Crippen LogP contribution in [0.1, 0.15) is 16.8 Å². The molecule has 0 saturated heterocycles. The number of nitriles is 1. The van der Waals surface area contributed by atoms with Crippen LogP contribution in [0.5, 0.6) is 0 Å². The lowest BCUT2D eigenvalue weighted by Crippen LogP contribution is -2.16. The van der Waals surface area contributed by atoms with Gasteiger partial charge in [-0.1, -0.05) is 18.2 Å². The normalized spacial score (nSPS) is 13.3. The molecule has 130 valence electrons. The summed E-state index contributed by atoms with van der Waals surface area (Å²) < 4.78 is 7.26. The van der Waals surface area contributed by atoms with E-state index < -0.39 is 5.97 Å². The van der Waals surface area contributed by atoms with Gasteiger partial charge in [-0.3, -0.25) is 4.79 Å². The van der Waals surface area contributed by atoms with Gasteiger partial charge in [-0.2, -0.15) is 5.26 Å². The number of aromatic nitrogens is 2. The second kappa shape index (κ2) is 6.17. The third-order valence-corrected chi connectivity index (χ3v) is 4.62. The van der Waals surface area contributed by atoms with E-state index in [9.17, 15) is 15.2 Å². The largest absolute Gasteiger partial charge is 0.480 e. The number of carboxylic acids is 1. The number of nitrogens with zero attached hydrogens (tertiary/aromatic N) is 3. The predicted molar refractivity (Wildman–Crippen MR) is 95.3 cm³/mol. The van der Waals surface area contributed by atoms with E-state index in [2.05, 4.69) is 11.1 Å². The number of hydrogen-bond donors (Lipinski definition) is 2. The van der Waals surface area contributed by atoms with Crippen molar-refractivity contribution in [3.8, 4) is 17.2 Å². The van der Waals surface area contributed by atoms with Gasteiger partial charge in [0, 0.05) is 40.2 Å². The van der Waals surface area contributed by atoms with Gasteiger partial charge in [0.05, 0.1) is 18.9 Å². The van der Waals surface area contributed by atoms with Gasteiger partial charge in [-0.15, -0.1) is 0 Å². The minimum atomic E-state index is -0.933. The number of ether oxygens (including phenoxy) is 1. The summed E-state index contributed by atoms with van der Waals surface area (Å²) in [5, 5.41) is 19.8. The fraction of sp³-hybridized carbons (Fsp3) is 0.211. The Bertz CT molecular complexity index is 1080. The highest BCUT2D eigenvalue weighted by atomic mass is 16.5. The van der Waals surface area contributed by atoms with E-state index in [1.807, 2.05) is 24.3 Å². The lowest BCUT2D eigenvalue weighted by Gasteiger charge is -2.21. The summed E-state index contributed by atoms with van der Waals surface area (Å²) in [5.41, 5.74) is 10.3. The molecule has 2 aromatic heterocycles. The van der Waals surface area contributed by atoms with Crippen molar-refractivity contribution in [3.05, 3.63) is 47.3 Å². The highest BCUT2D eigenvalue weighted by Gasteiger charge is 2.25. The first-order chi connectivity index (χ1) is 12.6. The molecular formula is C19H16N4O3. The molecule has 0 saturated carbocycles. The second-order valence-electron chi connectivity index (χ2n) is 6.17. The van der Waals surface area contributed by atoms with E-state index >= 15 is 0 Å². The first kappa shape index (κ1) is 16.1. The summed E-state index contributed by atoms with van der Waals surface area (Å²) in [4.78, 5) is 15.6. The summed E-state index contributed by atoms with van der Waals surface area (Å²) >= 11 is 0. The molecule has 3 N–H and O–H groups in total. The minimum absolute atomic E-state index is 0.165. The van der Waals surface area contributed by atoms with Crippen molar-refractivity contribution in [1.82, 2.24) is 9.55 Å². The van der Waals surface area contributed by atoms with Crippen molar-refractivity contribution in [2.75, 3.05) is 12.3 Å². The Morgan fingerprint density at radius 2 is 2.23 bits per heavy atom. The zero-order valence-corrected chi connectivity index (χ0v) is 13.9. The van der Waals surface area contributed by atoms with Gasteiger partial charge < -0.3 is 20.1 Å². The number of carboxylic acid groups (broad SMARTS) is 1. The first-order valence-electron chi connectivity index (χ1n) is 8.19. The molecular weight excluding hydrogens is 332 g/mol. The van der Waals surface area contributed by atoms with E-state index in [4.69, 9.17) is 10.5 Å². The number of rotatable bonds is 3. The summed E-state index contributed by atoms with van der Waals surface area (Å²) in [5.74, 6) is -0.740. The van der Waals surface area contributed by atoms with Gasteiger partial charge in [0.1, 0.15) is 24.0 Å². The Hall–Kier alpha value is -3.37. The van der Waals surface area contributed by atoms with E-state index in [1.54, 1.807) is 10.8 Å². The van der Waals surface area contributed by atoms with Crippen LogP contribution in [0.15, 0.2) is 30.5 Å². The maximum absolute atomic E-state index is 11.2. The van der Waals surface area contributed by atoms with Gasteiger partial charge >= 0.3 is 5.97 Å². The lowest BCUT2D eigenvalue weighted by molar-refractivity contribution is -0.137. The molecule has 1 aliphatic heterocycles. The number of benzene rings is 1. The number of nitrogens with two attached hydrogens (primary N) is 1. The first-order valence-corrected chi connectivity index (χ1v) is 8.19. The fourth-order valence-corrected chi connectivity index (χ4v) is 3.53. The van der Waals surface area contributed by atoms with Crippen LogP contribution in [0.2, 0.25) is 0 Å². The molecule has 0 fully saturated rings. The molecule has 3 heterocycles. The van der Waals surface area contributed by atoms with E-state index in [-0.39, 0.29) is 12.4 Å². The van der Waals surface area contributed by atoms with Gasteiger partial charge in [-0.05, 0) is 6.07 Å². The molecule has 0 spiro atoms. The molecule has 0 radical (unpaired) electrons. The van der Waals surface area contributed by atoms with Crippen LogP contribution >= 0.6 is 0 Å². The maximum atomic E-state index is 11.2. The summed E-state index contributed by atoms with van der Waals surface area (Å²) in [6.45, 7) is 0.748. The number of fused-ring (bicyclic) bond motifs is 2. The number of anilines is 1. The molecule has 0 bridgehead atoms. The van der Waals surface area contributed by atoms with E-state index in [0.29, 0.717) is 30.8 Å². The number of aliphatic carboxylic acids is 1. The van der Waals surface area contributed by atoms with Crippen molar-refractivity contribution in [1.29, 1.82) is 5.26 Å². The molecule has 26 heavy (non-hydrogen) atoms. The number of pyridine rings is 1. The molecule has 4 rings (SSSR count). The van der Waals surface area contributed by atoms with Gasteiger partial charge in [0.2, 0.25) is 0 Å². The molecule has 7 heteroatoms. The van der Waals surface area contributed by atoms with Crippen molar-refractivity contribution in [2.24, 2.45) is 0 Å². The second-order valence-corrected chi connectivity index (χ2v) is 6.17. The molecule has 7 nitrogen and oxygen atoms in total. The summed E-state index contributed by atoms with van der Waals surface area (Å²) in [7, 11) is 0. The monoisotopic (exact) mass is 348 g/mol. The standard InChI is InChI=1S/C19H16N4O3/c20-7-12-18(14-10-26-6-5-15(14)22-19(12)21)13-8-23(9-17(24)25)16-4-2-1-3-11(13)16/h1-4,8H,5-6,9-10H2,(H2,21,22)(H,24,25). The fourth-order valence-electron chi connectivity index (χ4n) is 3.53. The van der Waals surface area contributed by atoms with Crippen molar-refractivity contribution >= 4 is 22.7 Å². The van der Waals surface area contributed by atoms with Crippen LogP contribution in [-0.4, -0.2) is 27.2 Å². The molecule has 3 aromatic rings. The molecule has 1 aromatic carbocycles. The zero-order valence-electron chi connectivity index (χ0n) is 13.9. The van der Waals surface area contributed by atoms with Crippen LogP contribution in [0.4, 0.5) is 5.82 Å². The van der Waals surface area contributed by atoms with Gasteiger partial charge in [0.15, 0.2) is 0 Å². The Morgan fingerprint density at radius 3 is 3.00 bits per heavy atom. The average Bonchev–Trinajstić information content (AvgIpc) is 2.98. The number of hydrogen-bond acceptors (Lipinski definition) is 5. The average molecular weight is 348 g/mol. The highest BCUT2D eigenvalue weighted by molar-refractivity contribution is 5.99. The molecule has 0 amide bonds. The number of para-hydroxylation sites is 1. The van der Waals surface area contributed by atoms with Gasteiger partial charge in [0.25, 0.3) is 0 Å². The predicted octanol–water partition coefficient (Wildman–Crippen LogP) is 2.31. The van der Waals surface area contributed by atoms with Crippen LogP contribution in [0.25, 0.3) is 22.0 Å². The van der Waals surface area contributed by atoms with Crippen molar-refractivity contribution < 1.29 is 14.6 Å². The number of nitrogen functional groups attached to an aromatic ring is 1. The lowest BCUT2D eigenvalue weighted by atomic mass is 9.92. The Balaban J connectivity index is 2.06. The SMILES string of the molecule is N#Cc1c(N)nc2c(c1-c1cn(CC(=O)O)c3ccccc13)COCC2. The Kier molecular flexibility index (Phi) is 3.82. The Morgan fingerprint density at radius 1 is 1.42 bits per heavy atom. The molecule has 1 aliphatic rings. The highest BCUT2D eigenvalue weighted by Crippen LogP contribution is 2.39. The van der Waals surface area contributed by atoms with Crippen LogP contribution in [0.3, 0.4) is 0 Å². The van der Waals surface area contributed by atoms with E-state index in [1.165, 1.54) is 0 Å². The zero-order chi connectivity index (χ0) is 18.3. The van der Waals surface area contributed by atoms with E-state index in [0.717, 1.165) is 27.7 Å². The van der Waals surface area contributed by atoms with Gasteiger partial charge in [-0.25, -0.2) is 4.98 Å². The summed E-state index contributed by atoms with van der Waals surface area (Å²) in [6, 6.07) is 9.68. The Labute approximate surface area is 149 Å². The third kappa shape index (κ3) is 2.48. The van der Waals surface area contributed by atoms with Crippen LogP contribution in [-0.2, 0) is 29.1 Å². The molecule has 0 atom stereocenters. The van der Waals surface area contributed by atoms with Crippen LogP contribution in [0, 0.1) is 11.3 Å². The third-order valence-electron chi connectivity index (χ3n) is 4.62. The topological polar surface area (TPSA) is 114 Å². The molecule has 0 unspecified atom stereocenters. The van der Waals surface area contributed by atoms with Crippen LogP contribution < -0.4 is 5.73 Å².